The second-order valence-electron chi connectivity index (χ2n) is 5.83. The highest BCUT2D eigenvalue weighted by Gasteiger charge is 2.18. The van der Waals surface area contributed by atoms with Crippen LogP contribution in [0.2, 0.25) is 0 Å². The first-order chi connectivity index (χ1) is 13.7. The Labute approximate surface area is 163 Å². The Morgan fingerprint density at radius 1 is 1.00 bits per heavy atom. The molecule has 2 N–H and O–H groups in total. The second kappa shape index (κ2) is 8.57. The highest BCUT2D eigenvalue weighted by molar-refractivity contribution is 5.90. The van der Waals surface area contributed by atoms with Gasteiger partial charge in [-0.1, -0.05) is 36.4 Å². The highest BCUT2D eigenvalue weighted by atomic mass is 16.5. The molecule has 0 aliphatic rings. The van der Waals surface area contributed by atoms with Crippen molar-refractivity contribution in [3.63, 3.8) is 0 Å². The van der Waals surface area contributed by atoms with Crippen LogP contribution in [0.1, 0.15) is 12.5 Å². The maximum absolute atomic E-state index is 9.71. The topological polar surface area (TPSA) is 105 Å². The van der Waals surface area contributed by atoms with Crippen LogP contribution in [0.15, 0.2) is 54.7 Å². The molecule has 1 aromatic heterocycles. The SMILES string of the molecule is CCOc1cc(-c2c(-c3ccccc3)cnc(N)c2C#N)ccc1OCC#N. The third-order valence-corrected chi connectivity index (χ3v) is 4.13. The number of rotatable bonds is 6. The predicted molar refractivity (Wildman–Crippen MR) is 107 cm³/mol. The van der Waals surface area contributed by atoms with Crippen molar-refractivity contribution in [2.75, 3.05) is 18.9 Å². The van der Waals surface area contributed by atoms with Gasteiger partial charge in [0, 0.05) is 17.3 Å². The zero-order valence-electron chi connectivity index (χ0n) is 15.3. The van der Waals surface area contributed by atoms with Crippen molar-refractivity contribution in [3.8, 4) is 45.9 Å². The highest BCUT2D eigenvalue weighted by Crippen LogP contribution is 2.40. The lowest BCUT2D eigenvalue weighted by Gasteiger charge is -2.16. The van der Waals surface area contributed by atoms with E-state index in [4.69, 9.17) is 20.5 Å². The summed E-state index contributed by atoms with van der Waals surface area (Å²) in [4.78, 5) is 4.19. The molecular formula is C22H18N4O2. The summed E-state index contributed by atoms with van der Waals surface area (Å²) in [6.07, 6.45) is 1.67. The Hall–Kier alpha value is -4.03. The third-order valence-electron chi connectivity index (χ3n) is 4.13. The number of pyridine rings is 1. The monoisotopic (exact) mass is 370 g/mol. The number of benzene rings is 2. The first-order valence-corrected chi connectivity index (χ1v) is 8.70. The van der Waals surface area contributed by atoms with Crippen LogP contribution in [-0.2, 0) is 0 Å². The van der Waals surface area contributed by atoms with Gasteiger partial charge in [0.2, 0.25) is 0 Å². The molecule has 28 heavy (non-hydrogen) atoms. The summed E-state index contributed by atoms with van der Waals surface area (Å²) in [6.45, 7) is 2.21. The van der Waals surface area contributed by atoms with Gasteiger partial charge < -0.3 is 15.2 Å². The molecule has 1 heterocycles. The molecule has 0 aliphatic carbocycles. The van der Waals surface area contributed by atoms with Gasteiger partial charge in [0.25, 0.3) is 0 Å². The first-order valence-electron chi connectivity index (χ1n) is 8.70. The summed E-state index contributed by atoms with van der Waals surface area (Å²) in [5, 5.41) is 18.5. The van der Waals surface area contributed by atoms with Crippen LogP contribution >= 0.6 is 0 Å². The van der Waals surface area contributed by atoms with Crippen molar-refractivity contribution in [3.05, 3.63) is 60.3 Å². The summed E-state index contributed by atoms with van der Waals surface area (Å²) in [5.74, 6) is 1.13. The minimum atomic E-state index is -0.0830. The maximum atomic E-state index is 9.71. The van der Waals surface area contributed by atoms with Crippen LogP contribution in [-0.4, -0.2) is 18.2 Å². The Morgan fingerprint density at radius 3 is 2.46 bits per heavy atom. The molecule has 0 fully saturated rings. The number of nitriles is 2. The molecule has 138 valence electrons. The molecule has 0 aliphatic heterocycles. The van der Waals surface area contributed by atoms with Gasteiger partial charge >= 0.3 is 0 Å². The quantitative estimate of drug-likeness (QED) is 0.698. The molecule has 0 amide bonds. The fraction of sp³-hybridized carbons (Fsp3) is 0.136. The normalized spacial score (nSPS) is 9.96. The molecule has 0 saturated carbocycles. The molecule has 0 unspecified atom stereocenters. The molecule has 3 aromatic rings. The van der Waals surface area contributed by atoms with Gasteiger partial charge in [-0.3, -0.25) is 0 Å². The van der Waals surface area contributed by atoms with Crippen LogP contribution < -0.4 is 15.2 Å². The zero-order valence-corrected chi connectivity index (χ0v) is 15.3. The van der Waals surface area contributed by atoms with E-state index in [9.17, 15) is 5.26 Å². The second-order valence-corrected chi connectivity index (χ2v) is 5.83. The van der Waals surface area contributed by atoms with E-state index in [1.807, 2.05) is 49.4 Å². The first kappa shape index (κ1) is 18.8. The molecule has 6 nitrogen and oxygen atoms in total. The Morgan fingerprint density at radius 2 is 1.79 bits per heavy atom. The fourth-order valence-corrected chi connectivity index (χ4v) is 2.94. The number of ether oxygens (including phenoxy) is 2. The van der Waals surface area contributed by atoms with E-state index < -0.39 is 0 Å². The van der Waals surface area contributed by atoms with E-state index in [0.29, 0.717) is 29.2 Å². The molecule has 2 aromatic carbocycles. The Balaban J connectivity index is 2.23. The standard InChI is InChI=1S/C22H18N4O2/c1-2-27-20-12-16(8-9-19(20)28-11-10-23)21-17(13-24)22(25)26-14-18(21)15-6-4-3-5-7-15/h3-9,12,14H,2,11H2,1H3,(H2,25,26). The lowest BCUT2D eigenvalue weighted by atomic mass is 9.92. The predicted octanol–water partition coefficient (Wildman–Crippen LogP) is 4.17. The van der Waals surface area contributed by atoms with Crippen molar-refractivity contribution < 1.29 is 9.47 Å². The lowest BCUT2D eigenvalue weighted by molar-refractivity contribution is 0.299. The van der Waals surface area contributed by atoms with Crippen LogP contribution in [0.5, 0.6) is 11.5 Å². The Kier molecular flexibility index (Phi) is 5.74. The number of nitrogens with two attached hydrogens (primary N) is 1. The maximum Gasteiger partial charge on any atom is 0.174 e. The van der Waals surface area contributed by atoms with Gasteiger partial charge in [0.1, 0.15) is 23.5 Å². The molecular weight excluding hydrogens is 352 g/mol. The van der Waals surface area contributed by atoms with E-state index >= 15 is 0 Å². The molecule has 0 radical (unpaired) electrons. The van der Waals surface area contributed by atoms with E-state index in [-0.39, 0.29) is 12.4 Å². The summed E-state index contributed by atoms with van der Waals surface area (Å²) in [5.41, 5.74) is 9.42. The van der Waals surface area contributed by atoms with Crippen LogP contribution in [0.4, 0.5) is 5.82 Å². The molecule has 3 rings (SSSR count). The van der Waals surface area contributed by atoms with Crippen molar-refractivity contribution >= 4 is 5.82 Å². The number of aromatic nitrogens is 1. The van der Waals surface area contributed by atoms with E-state index in [1.165, 1.54) is 0 Å². The largest absolute Gasteiger partial charge is 0.490 e. The summed E-state index contributed by atoms with van der Waals surface area (Å²) < 4.78 is 11.1. The van der Waals surface area contributed by atoms with Crippen molar-refractivity contribution in [1.82, 2.24) is 4.98 Å². The average Bonchev–Trinajstić information content (AvgIpc) is 2.73. The summed E-state index contributed by atoms with van der Waals surface area (Å²) in [7, 11) is 0. The van der Waals surface area contributed by atoms with Crippen molar-refractivity contribution in [1.29, 1.82) is 10.5 Å². The van der Waals surface area contributed by atoms with Crippen molar-refractivity contribution in [2.45, 2.75) is 6.92 Å². The minimum Gasteiger partial charge on any atom is -0.490 e. The van der Waals surface area contributed by atoms with E-state index in [1.54, 1.807) is 18.3 Å². The summed E-state index contributed by atoms with van der Waals surface area (Å²) in [6, 6.07) is 19.1. The van der Waals surface area contributed by atoms with Gasteiger partial charge in [0.05, 0.1) is 6.61 Å². The van der Waals surface area contributed by atoms with Gasteiger partial charge in [-0.2, -0.15) is 10.5 Å². The molecule has 0 spiro atoms. The minimum absolute atomic E-state index is 0.0830. The third kappa shape index (κ3) is 3.72. The molecule has 0 saturated heterocycles. The van der Waals surface area contributed by atoms with Crippen LogP contribution in [0.25, 0.3) is 22.3 Å². The lowest BCUT2D eigenvalue weighted by Crippen LogP contribution is -2.02. The van der Waals surface area contributed by atoms with Crippen LogP contribution in [0.3, 0.4) is 0 Å². The van der Waals surface area contributed by atoms with Gasteiger partial charge in [0.15, 0.2) is 18.1 Å². The van der Waals surface area contributed by atoms with E-state index in [2.05, 4.69) is 11.1 Å². The molecule has 0 atom stereocenters. The molecule has 6 heteroatoms. The zero-order chi connectivity index (χ0) is 19.9. The van der Waals surface area contributed by atoms with Gasteiger partial charge in [-0.25, -0.2) is 4.98 Å². The summed E-state index contributed by atoms with van der Waals surface area (Å²) >= 11 is 0. The average molecular weight is 370 g/mol. The molecule has 0 bridgehead atoms. The number of nitrogens with zero attached hydrogens (tertiary/aromatic N) is 3. The van der Waals surface area contributed by atoms with Crippen LogP contribution in [0, 0.1) is 22.7 Å². The van der Waals surface area contributed by atoms with Crippen molar-refractivity contribution in [2.24, 2.45) is 0 Å². The Bertz CT molecular complexity index is 1070. The van der Waals surface area contributed by atoms with Gasteiger partial charge in [-0.15, -0.1) is 0 Å². The smallest absolute Gasteiger partial charge is 0.174 e. The van der Waals surface area contributed by atoms with E-state index in [0.717, 1.165) is 16.7 Å². The van der Waals surface area contributed by atoms with Gasteiger partial charge in [-0.05, 0) is 30.2 Å². The number of anilines is 1. The number of hydrogen-bond acceptors (Lipinski definition) is 6. The number of nitrogen functional groups attached to an aromatic ring is 1. The fourth-order valence-electron chi connectivity index (χ4n) is 2.94. The number of hydrogen-bond donors (Lipinski definition) is 1.